The fraction of sp³-hybridized carbons (Fsp3) is 1.00. The summed E-state index contributed by atoms with van der Waals surface area (Å²) in [6.07, 6.45) is 4.08. The largest absolute Gasteiger partial charge is 0.377 e. The van der Waals surface area contributed by atoms with Crippen LogP contribution in [0.4, 0.5) is 0 Å². The lowest BCUT2D eigenvalue weighted by Crippen LogP contribution is -2.25. The summed E-state index contributed by atoms with van der Waals surface area (Å²) in [4.78, 5) is 0. The van der Waals surface area contributed by atoms with Crippen molar-refractivity contribution >= 4 is 0 Å². The van der Waals surface area contributed by atoms with Crippen LogP contribution in [0.25, 0.3) is 0 Å². The molecule has 60 valence electrons. The van der Waals surface area contributed by atoms with Crippen molar-refractivity contribution in [3.8, 4) is 0 Å². The summed E-state index contributed by atoms with van der Waals surface area (Å²) in [6.45, 7) is 5.32. The summed E-state index contributed by atoms with van der Waals surface area (Å²) in [5, 5.41) is 3.36. The minimum atomic E-state index is 0.479. The van der Waals surface area contributed by atoms with Crippen molar-refractivity contribution < 1.29 is 4.74 Å². The summed E-state index contributed by atoms with van der Waals surface area (Å²) < 4.78 is 5.58. The first-order valence-corrected chi connectivity index (χ1v) is 4.26. The van der Waals surface area contributed by atoms with E-state index in [1.165, 1.54) is 19.3 Å². The lowest BCUT2D eigenvalue weighted by molar-refractivity contribution is 0.0607. The molecule has 1 unspecified atom stereocenters. The Morgan fingerprint density at radius 3 is 3.30 bits per heavy atom. The zero-order valence-electron chi connectivity index (χ0n) is 6.73. The van der Waals surface area contributed by atoms with Crippen LogP contribution >= 0.6 is 0 Å². The van der Waals surface area contributed by atoms with Gasteiger partial charge in [-0.15, -0.1) is 0 Å². The summed E-state index contributed by atoms with van der Waals surface area (Å²) in [5.41, 5.74) is 0. The van der Waals surface area contributed by atoms with E-state index in [0.29, 0.717) is 6.10 Å². The lowest BCUT2D eigenvalue weighted by Gasteiger charge is -2.12. The van der Waals surface area contributed by atoms with E-state index in [2.05, 4.69) is 12.2 Å². The molecule has 1 aliphatic rings. The van der Waals surface area contributed by atoms with Crippen LogP contribution in [0.1, 0.15) is 26.2 Å². The Bertz CT molecular complexity index is 77.3. The van der Waals surface area contributed by atoms with E-state index in [0.717, 1.165) is 19.7 Å². The highest BCUT2D eigenvalue weighted by atomic mass is 16.5. The van der Waals surface area contributed by atoms with Gasteiger partial charge in [-0.1, -0.05) is 13.3 Å². The Morgan fingerprint density at radius 2 is 2.50 bits per heavy atom. The standard InChI is InChI=1S/C8H17NO/c1-2-4-8-7-9-5-3-6-10-8/h8-9H,2-7H2,1H3. The van der Waals surface area contributed by atoms with Gasteiger partial charge in [0.25, 0.3) is 0 Å². The highest BCUT2D eigenvalue weighted by Crippen LogP contribution is 2.03. The molecule has 0 bridgehead atoms. The molecular weight excluding hydrogens is 126 g/mol. The van der Waals surface area contributed by atoms with Crippen LogP contribution in [0, 0.1) is 0 Å². The normalized spacial score (nSPS) is 27.9. The molecule has 0 aliphatic carbocycles. The third-order valence-electron chi connectivity index (χ3n) is 1.83. The van der Waals surface area contributed by atoms with Crippen molar-refractivity contribution in [1.82, 2.24) is 5.32 Å². The van der Waals surface area contributed by atoms with Gasteiger partial charge in [-0.05, 0) is 19.4 Å². The molecule has 1 rings (SSSR count). The predicted octanol–water partition coefficient (Wildman–Crippen LogP) is 1.17. The van der Waals surface area contributed by atoms with Crippen molar-refractivity contribution in [1.29, 1.82) is 0 Å². The summed E-state index contributed by atoms with van der Waals surface area (Å²) >= 11 is 0. The van der Waals surface area contributed by atoms with Gasteiger partial charge in [0.15, 0.2) is 0 Å². The first kappa shape index (κ1) is 8.02. The molecule has 2 nitrogen and oxygen atoms in total. The fourth-order valence-electron chi connectivity index (χ4n) is 1.28. The maximum absolute atomic E-state index is 5.58. The van der Waals surface area contributed by atoms with Crippen molar-refractivity contribution in [3.63, 3.8) is 0 Å². The van der Waals surface area contributed by atoms with Crippen LogP contribution in [-0.4, -0.2) is 25.8 Å². The van der Waals surface area contributed by atoms with Crippen molar-refractivity contribution in [2.75, 3.05) is 19.7 Å². The quantitative estimate of drug-likeness (QED) is 0.626. The molecule has 1 aliphatic heterocycles. The number of rotatable bonds is 2. The average Bonchev–Trinajstić information content (AvgIpc) is 2.17. The molecule has 0 radical (unpaired) electrons. The van der Waals surface area contributed by atoms with Crippen LogP contribution in [0.5, 0.6) is 0 Å². The first-order valence-electron chi connectivity index (χ1n) is 4.26. The van der Waals surface area contributed by atoms with Gasteiger partial charge in [-0.25, -0.2) is 0 Å². The van der Waals surface area contributed by atoms with E-state index in [9.17, 15) is 0 Å². The minimum Gasteiger partial charge on any atom is -0.377 e. The van der Waals surface area contributed by atoms with E-state index in [1.807, 2.05) is 0 Å². The minimum absolute atomic E-state index is 0.479. The van der Waals surface area contributed by atoms with Gasteiger partial charge in [0.2, 0.25) is 0 Å². The van der Waals surface area contributed by atoms with Crippen molar-refractivity contribution in [2.24, 2.45) is 0 Å². The van der Waals surface area contributed by atoms with E-state index in [1.54, 1.807) is 0 Å². The average molecular weight is 143 g/mol. The van der Waals surface area contributed by atoms with Crippen LogP contribution in [0.3, 0.4) is 0 Å². The number of ether oxygens (including phenoxy) is 1. The molecule has 1 heterocycles. The smallest absolute Gasteiger partial charge is 0.0699 e. The SMILES string of the molecule is CCCC1CNCCCO1. The summed E-state index contributed by atoms with van der Waals surface area (Å²) in [6, 6.07) is 0. The van der Waals surface area contributed by atoms with Gasteiger partial charge >= 0.3 is 0 Å². The van der Waals surface area contributed by atoms with Crippen LogP contribution in [0.2, 0.25) is 0 Å². The lowest BCUT2D eigenvalue weighted by atomic mass is 10.2. The molecule has 1 N–H and O–H groups in total. The van der Waals surface area contributed by atoms with Gasteiger partial charge in [-0.2, -0.15) is 0 Å². The third kappa shape index (κ3) is 2.67. The zero-order chi connectivity index (χ0) is 7.23. The Hall–Kier alpha value is -0.0800. The van der Waals surface area contributed by atoms with Gasteiger partial charge < -0.3 is 10.1 Å². The molecule has 0 amide bonds. The van der Waals surface area contributed by atoms with Crippen LogP contribution in [-0.2, 0) is 4.74 Å². The number of nitrogens with one attached hydrogen (secondary N) is 1. The van der Waals surface area contributed by atoms with Gasteiger partial charge in [0.1, 0.15) is 0 Å². The second-order valence-corrected chi connectivity index (χ2v) is 2.84. The summed E-state index contributed by atoms with van der Waals surface area (Å²) in [5.74, 6) is 0. The second-order valence-electron chi connectivity index (χ2n) is 2.84. The Labute approximate surface area is 63.0 Å². The van der Waals surface area contributed by atoms with Gasteiger partial charge in [0.05, 0.1) is 6.10 Å². The topological polar surface area (TPSA) is 21.3 Å². The molecule has 0 aromatic heterocycles. The first-order chi connectivity index (χ1) is 4.93. The molecule has 0 aromatic carbocycles. The molecule has 0 spiro atoms. The molecular formula is C8H17NO. The van der Waals surface area contributed by atoms with Crippen molar-refractivity contribution in [3.05, 3.63) is 0 Å². The summed E-state index contributed by atoms with van der Waals surface area (Å²) in [7, 11) is 0. The highest BCUT2D eigenvalue weighted by molar-refractivity contribution is 4.64. The van der Waals surface area contributed by atoms with E-state index < -0.39 is 0 Å². The van der Waals surface area contributed by atoms with Crippen LogP contribution < -0.4 is 5.32 Å². The maximum atomic E-state index is 5.58. The number of hydrogen-bond acceptors (Lipinski definition) is 2. The molecule has 10 heavy (non-hydrogen) atoms. The predicted molar refractivity (Wildman–Crippen MR) is 42.1 cm³/mol. The molecule has 0 aromatic rings. The van der Waals surface area contributed by atoms with Gasteiger partial charge in [0, 0.05) is 13.2 Å². The van der Waals surface area contributed by atoms with Crippen LogP contribution in [0.15, 0.2) is 0 Å². The second kappa shape index (κ2) is 4.69. The monoisotopic (exact) mass is 143 g/mol. The van der Waals surface area contributed by atoms with E-state index in [-0.39, 0.29) is 0 Å². The van der Waals surface area contributed by atoms with E-state index in [4.69, 9.17) is 4.74 Å². The van der Waals surface area contributed by atoms with Crippen molar-refractivity contribution in [2.45, 2.75) is 32.3 Å². The third-order valence-corrected chi connectivity index (χ3v) is 1.83. The Balaban J connectivity index is 2.15. The Morgan fingerprint density at radius 1 is 1.60 bits per heavy atom. The molecule has 1 atom stereocenters. The highest BCUT2D eigenvalue weighted by Gasteiger charge is 2.09. The molecule has 2 heteroatoms. The fourth-order valence-corrected chi connectivity index (χ4v) is 1.28. The van der Waals surface area contributed by atoms with E-state index >= 15 is 0 Å². The molecule has 0 saturated carbocycles. The van der Waals surface area contributed by atoms with Gasteiger partial charge in [-0.3, -0.25) is 0 Å². The zero-order valence-corrected chi connectivity index (χ0v) is 6.73. The maximum Gasteiger partial charge on any atom is 0.0699 e. The molecule has 1 saturated heterocycles. The Kier molecular flexibility index (Phi) is 3.76. The number of hydrogen-bond donors (Lipinski definition) is 1. The molecule has 1 fully saturated rings.